The Bertz CT molecular complexity index is 937. The van der Waals surface area contributed by atoms with Gasteiger partial charge in [0.1, 0.15) is 5.76 Å². The largest absolute Gasteiger partial charge is 0.469 e. The van der Waals surface area contributed by atoms with Crippen LogP contribution >= 0.6 is 11.8 Å². The Morgan fingerprint density at radius 3 is 3.00 bits per heavy atom. The molecule has 7 heteroatoms. The molecule has 2 heterocycles. The highest BCUT2D eigenvalue weighted by Crippen LogP contribution is 2.32. The Morgan fingerprint density at radius 2 is 2.18 bits per heavy atom. The van der Waals surface area contributed by atoms with Gasteiger partial charge in [-0.15, -0.1) is 10.2 Å². The van der Waals surface area contributed by atoms with E-state index >= 15 is 0 Å². The maximum absolute atomic E-state index is 10.4. The van der Waals surface area contributed by atoms with Crippen molar-refractivity contribution in [2.24, 2.45) is 7.05 Å². The van der Waals surface area contributed by atoms with Crippen LogP contribution in [0.4, 0.5) is 0 Å². The lowest BCUT2D eigenvalue weighted by molar-refractivity contribution is -0.00960. The molecule has 0 spiro atoms. The van der Waals surface area contributed by atoms with E-state index in [9.17, 15) is 5.11 Å². The van der Waals surface area contributed by atoms with Crippen LogP contribution in [0.5, 0.6) is 0 Å². The van der Waals surface area contributed by atoms with E-state index in [2.05, 4.69) is 34.5 Å². The van der Waals surface area contributed by atoms with Crippen molar-refractivity contribution in [2.45, 2.75) is 43.6 Å². The average Bonchev–Trinajstić information content (AvgIpc) is 3.29. The van der Waals surface area contributed by atoms with Gasteiger partial charge in [-0.1, -0.05) is 36.0 Å². The van der Waals surface area contributed by atoms with Crippen molar-refractivity contribution in [2.75, 3.05) is 12.4 Å². The standard InChI is InChI=1S/C21H25N3O3S/c1-14-17(10-11-26-14)20-22-23-21(24(20)2)28-13-16(25)12-27-19-9-5-7-15-6-3-4-8-18(15)19/h3-4,6,8,10-11,16,19,25H,5,7,9,12-13H2,1-2H3/t16-,19-/m1/s1. The number of hydrogen-bond donors (Lipinski definition) is 1. The summed E-state index contributed by atoms with van der Waals surface area (Å²) < 4.78 is 13.3. The fraction of sp³-hybridized carbons (Fsp3) is 0.429. The molecule has 0 fully saturated rings. The molecule has 1 N–H and O–H groups in total. The number of furan rings is 1. The van der Waals surface area contributed by atoms with Gasteiger partial charge in [0, 0.05) is 12.8 Å². The van der Waals surface area contributed by atoms with E-state index in [0.29, 0.717) is 12.4 Å². The highest BCUT2D eigenvalue weighted by atomic mass is 32.2. The van der Waals surface area contributed by atoms with E-state index in [0.717, 1.165) is 41.6 Å². The van der Waals surface area contributed by atoms with Crippen LogP contribution < -0.4 is 0 Å². The summed E-state index contributed by atoms with van der Waals surface area (Å²) in [7, 11) is 1.92. The average molecular weight is 400 g/mol. The van der Waals surface area contributed by atoms with Crippen LogP contribution in [0.25, 0.3) is 11.4 Å². The summed E-state index contributed by atoms with van der Waals surface area (Å²) >= 11 is 1.48. The van der Waals surface area contributed by atoms with Crippen LogP contribution in [-0.2, 0) is 18.2 Å². The number of ether oxygens (including phenoxy) is 1. The molecule has 0 bridgehead atoms. The number of aromatic nitrogens is 3. The van der Waals surface area contributed by atoms with Crippen molar-refractivity contribution in [3.05, 3.63) is 53.5 Å². The van der Waals surface area contributed by atoms with Crippen molar-refractivity contribution in [1.29, 1.82) is 0 Å². The summed E-state index contributed by atoms with van der Waals surface area (Å²) in [6.45, 7) is 2.22. The van der Waals surface area contributed by atoms with Crippen molar-refractivity contribution in [3.8, 4) is 11.4 Å². The number of nitrogens with zero attached hydrogens (tertiary/aromatic N) is 3. The molecule has 0 amide bonds. The lowest BCUT2D eigenvalue weighted by atomic mass is 9.89. The first kappa shape index (κ1) is 19.2. The second kappa shape index (κ2) is 8.51. The van der Waals surface area contributed by atoms with Crippen molar-refractivity contribution in [1.82, 2.24) is 14.8 Å². The zero-order valence-electron chi connectivity index (χ0n) is 16.2. The molecule has 3 aromatic rings. The van der Waals surface area contributed by atoms with Crippen LogP contribution in [0.1, 0.15) is 35.8 Å². The maximum atomic E-state index is 10.4. The summed E-state index contributed by atoms with van der Waals surface area (Å²) in [5, 5.41) is 19.7. The summed E-state index contributed by atoms with van der Waals surface area (Å²) in [5.74, 6) is 2.08. The highest BCUT2D eigenvalue weighted by Gasteiger charge is 2.22. The van der Waals surface area contributed by atoms with Crippen LogP contribution in [-0.4, -0.2) is 38.3 Å². The number of benzene rings is 1. The molecule has 4 rings (SSSR count). The van der Waals surface area contributed by atoms with Gasteiger partial charge in [0.15, 0.2) is 11.0 Å². The fourth-order valence-corrected chi connectivity index (χ4v) is 4.44. The third kappa shape index (κ3) is 4.01. The minimum absolute atomic E-state index is 0.0788. The normalized spacial score (nSPS) is 17.5. The minimum Gasteiger partial charge on any atom is -0.469 e. The van der Waals surface area contributed by atoms with E-state index in [1.807, 2.05) is 24.6 Å². The first-order valence-corrected chi connectivity index (χ1v) is 10.6. The summed E-state index contributed by atoms with van der Waals surface area (Å²) in [6, 6.07) is 10.3. The predicted molar refractivity (Wildman–Crippen MR) is 108 cm³/mol. The molecule has 148 valence electrons. The smallest absolute Gasteiger partial charge is 0.191 e. The number of thioether (sulfide) groups is 1. The predicted octanol–water partition coefficient (Wildman–Crippen LogP) is 3.93. The van der Waals surface area contributed by atoms with Gasteiger partial charge < -0.3 is 18.8 Å². The number of aryl methyl sites for hydroxylation is 2. The Labute approximate surface area is 168 Å². The topological polar surface area (TPSA) is 73.3 Å². The molecular formula is C21H25N3O3S. The van der Waals surface area contributed by atoms with E-state index < -0.39 is 6.10 Å². The quantitative estimate of drug-likeness (QED) is 0.607. The fourth-order valence-electron chi connectivity index (χ4n) is 3.62. The second-order valence-electron chi connectivity index (χ2n) is 7.13. The van der Waals surface area contributed by atoms with Gasteiger partial charge >= 0.3 is 0 Å². The summed E-state index contributed by atoms with van der Waals surface area (Å²) in [5.41, 5.74) is 3.56. The van der Waals surface area contributed by atoms with Gasteiger partial charge in [0.25, 0.3) is 0 Å². The van der Waals surface area contributed by atoms with Crippen LogP contribution in [0.3, 0.4) is 0 Å². The first-order chi connectivity index (χ1) is 13.6. The number of aliphatic hydroxyl groups excluding tert-OH is 1. The van der Waals surface area contributed by atoms with Gasteiger partial charge in [0.05, 0.1) is 30.6 Å². The molecule has 2 aromatic heterocycles. The monoisotopic (exact) mass is 399 g/mol. The van der Waals surface area contributed by atoms with Crippen LogP contribution in [0.2, 0.25) is 0 Å². The van der Waals surface area contributed by atoms with E-state index in [-0.39, 0.29) is 6.10 Å². The Balaban J connectivity index is 1.32. The number of rotatable bonds is 7. The molecule has 6 nitrogen and oxygen atoms in total. The molecule has 0 aliphatic heterocycles. The van der Waals surface area contributed by atoms with Gasteiger partial charge in [-0.2, -0.15) is 0 Å². The summed E-state index contributed by atoms with van der Waals surface area (Å²) in [6.07, 6.45) is 4.41. The highest BCUT2D eigenvalue weighted by molar-refractivity contribution is 7.99. The molecule has 0 saturated heterocycles. The van der Waals surface area contributed by atoms with Gasteiger partial charge in [-0.25, -0.2) is 0 Å². The Kier molecular flexibility index (Phi) is 5.85. The van der Waals surface area contributed by atoms with Crippen LogP contribution in [0.15, 0.2) is 46.2 Å². The van der Waals surface area contributed by atoms with Crippen molar-refractivity contribution < 1.29 is 14.3 Å². The number of hydrogen-bond acceptors (Lipinski definition) is 6. The second-order valence-corrected chi connectivity index (χ2v) is 8.12. The molecular weight excluding hydrogens is 374 g/mol. The molecule has 2 atom stereocenters. The lowest BCUT2D eigenvalue weighted by Gasteiger charge is -2.26. The van der Waals surface area contributed by atoms with Crippen molar-refractivity contribution >= 4 is 11.8 Å². The molecule has 0 unspecified atom stereocenters. The van der Waals surface area contributed by atoms with E-state index in [1.54, 1.807) is 6.26 Å². The summed E-state index contributed by atoms with van der Waals surface area (Å²) in [4.78, 5) is 0. The lowest BCUT2D eigenvalue weighted by Crippen LogP contribution is -2.22. The van der Waals surface area contributed by atoms with Gasteiger partial charge in [0.2, 0.25) is 0 Å². The minimum atomic E-state index is -0.560. The SMILES string of the molecule is Cc1occc1-c1nnc(SC[C@H](O)CO[C@@H]2CCCc3ccccc32)n1C. The van der Waals surface area contributed by atoms with E-state index in [1.165, 1.54) is 22.9 Å². The number of aliphatic hydroxyl groups is 1. The van der Waals surface area contributed by atoms with Gasteiger partial charge in [-0.3, -0.25) is 0 Å². The van der Waals surface area contributed by atoms with E-state index in [4.69, 9.17) is 9.15 Å². The van der Waals surface area contributed by atoms with Crippen molar-refractivity contribution in [3.63, 3.8) is 0 Å². The third-order valence-electron chi connectivity index (χ3n) is 5.14. The molecule has 0 saturated carbocycles. The molecule has 1 aliphatic carbocycles. The zero-order valence-corrected chi connectivity index (χ0v) is 17.0. The molecule has 1 aliphatic rings. The van der Waals surface area contributed by atoms with Gasteiger partial charge in [-0.05, 0) is 43.4 Å². The maximum Gasteiger partial charge on any atom is 0.191 e. The number of fused-ring (bicyclic) bond motifs is 1. The third-order valence-corrected chi connectivity index (χ3v) is 6.31. The zero-order chi connectivity index (χ0) is 19.5. The molecule has 28 heavy (non-hydrogen) atoms. The first-order valence-electron chi connectivity index (χ1n) is 9.57. The molecule has 1 aromatic carbocycles. The van der Waals surface area contributed by atoms with Crippen LogP contribution in [0, 0.1) is 6.92 Å². The molecule has 0 radical (unpaired) electrons. The Hall–Kier alpha value is -2.09. The Morgan fingerprint density at radius 1 is 1.32 bits per heavy atom.